The number of ether oxygens (including phenoxy) is 1. The van der Waals surface area contributed by atoms with Gasteiger partial charge in [-0.25, -0.2) is 9.59 Å². The molecule has 5 N–H and O–H groups in total. The van der Waals surface area contributed by atoms with Gasteiger partial charge in [0, 0.05) is 19.1 Å². The van der Waals surface area contributed by atoms with Crippen molar-refractivity contribution < 1.29 is 33.5 Å². The molecule has 1 unspecified atom stereocenters. The van der Waals surface area contributed by atoms with Crippen molar-refractivity contribution in [3.05, 3.63) is 12.7 Å². The van der Waals surface area contributed by atoms with Crippen LogP contribution in [0.2, 0.25) is 0 Å². The second-order valence-corrected chi connectivity index (χ2v) is 14.8. The number of carbonyl (C=O) groups excluding carboxylic acids is 6. The summed E-state index contributed by atoms with van der Waals surface area (Å²) in [6.45, 7) is 19.2. The fourth-order valence-electron chi connectivity index (χ4n) is 6.46. The number of amides is 6. The largest absolute Gasteiger partial charge is 0.447 e. The molecule has 0 aromatic carbocycles. The molecule has 2 rings (SSSR count). The van der Waals surface area contributed by atoms with E-state index >= 15 is 0 Å². The van der Waals surface area contributed by atoms with Crippen molar-refractivity contribution in [3.63, 3.8) is 0 Å². The van der Waals surface area contributed by atoms with E-state index in [0.29, 0.717) is 19.4 Å². The summed E-state index contributed by atoms with van der Waals surface area (Å²) in [5, 5.41) is 13.8. The number of hydrogen-bond acceptors (Lipinski definition) is 7. The van der Waals surface area contributed by atoms with Crippen molar-refractivity contribution in [1.82, 2.24) is 31.5 Å². The standard InChI is InChI=1S/C35H60N6O7/c1-10-14-25(29(42)31(44)36-18-11-2)38-30(43)28-24(21(3)4)17-19-41(28)32(45)27(23-15-12-13-16-23)40-33(46)39-26(35(7,8)9)20-48-34(47)37-22(5)6/h11,21-28H,2,10,12-20H2,1,3-9H3,(H,36,44)(H,37,47)(H,38,43)(H2,39,40,46)/t24-,25?,26-,27+,28+/m1/s1. The van der Waals surface area contributed by atoms with Crippen LogP contribution in [0.5, 0.6) is 0 Å². The van der Waals surface area contributed by atoms with Crippen LogP contribution in [0.4, 0.5) is 9.59 Å². The maximum atomic E-state index is 14.4. The van der Waals surface area contributed by atoms with Gasteiger partial charge in [0.25, 0.3) is 5.91 Å². The number of nitrogens with one attached hydrogen (secondary N) is 5. The fourth-order valence-corrected chi connectivity index (χ4v) is 6.46. The molecule has 1 saturated heterocycles. The van der Waals surface area contributed by atoms with Gasteiger partial charge in [-0.2, -0.15) is 0 Å². The van der Waals surface area contributed by atoms with Gasteiger partial charge >= 0.3 is 12.1 Å². The minimum absolute atomic E-state index is 0.0522. The summed E-state index contributed by atoms with van der Waals surface area (Å²) in [6, 6.07) is -4.00. The van der Waals surface area contributed by atoms with Crippen LogP contribution >= 0.6 is 0 Å². The average Bonchev–Trinajstić information content (AvgIpc) is 3.70. The van der Waals surface area contributed by atoms with E-state index in [9.17, 15) is 28.8 Å². The summed E-state index contributed by atoms with van der Waals surface area (Å²) < 4.78 is 5.38. The highest BCUT2D eigenvalue weighted by atomic mass is 16.5. The molecule has 6 amide bonds. The molecule has 0 radical (unpaired) electrons. The third-order valence-electron chi connectivity index (χ3n) is 9.26. The van der Waals surface area contributed by atoms with Gasteiger partial charge in [0.2, 0.25) is 17.6 Å². The Labute approximate surface area is 286 Å². The maximum Gasteiger partial charge on any atom is 0.407 e. The highest BCUT2D eigenvalue weighted by Gasteiger charge is 2.47. The molecule has 13 heteroatoms. The van der Waals surface area contributed by atoms with Gasteiger partial charge in [0.15, 0.2) is 0 Å². The van der Waals surface area contributed by atoms with Gasteiger partial charge in [0.1, 0.15) is 18.7 Å². The molecule has 1 aliphatic heterocycles. The van der Waals surface area contributed by atoms with Crippen LogP contribution in [-0.2, 0) is 23.9 Å². The van der Waals surface area contributed by atoms with E-state index in [1.165, 1.54) is 6.08 Å². The van der Waals surface area contributed by atoms with E-state index in [1.807, 2.05) is 55.4 Å². The molecule has 1 saturated carbocycles. The summed E-state index contributed by atoms with van der Waals surface area (Å²) in [4.78, 5) is 81.0. The number of likely N-dealkylation sites (tertiary alicyclic amines) is 1. The summed E-state index contributed by atoms with van der Waals surface area (Å²) in [7, 11) is 0. The van der Waals surface area contributed by atoms with Crippen LogP contribution < -0.4 is 26.6 Å². The second-order valence-electron chi connectivity index (χ2n) is 14.8. The Hall–Kier alpha value is -3.64. The number of ketones is 1. The summed E-state index contributed by atoms with van der Waals surface area (Å²) >= 11 is 0. The molecule has 2 aliphatic rings. The molecular weight excluding hydrogens is 616 g/mol. The molecule has 0 bridgehead atoms. The Kier molecular flexibility index (Phi) is 15.9. The lowest BCUT2D eigenvalue weighted by atomic mass is 9.87. The lowest BCUT2D eigenvalue weighted by Gasteiger charge is -2.35. The summed E-state index contributed by atoms with van der Waals surface area (Å²) in [5.41, 5.74) is -0.472. The van der Waals surface area contributed by atoms with E-state index in [4.69, 9.17) is 4.74 Å². The minimum Gasteiger partial charge on any atom is -0.447 e. The van der Waals surface area contributed by atoms with Crippen LogP contribution in [0.15, 0.2) is 12.7 Å². The van der Waals surface area contributed by atoms with Gasteiger partial charge in [0.05, 0.1) is 12.1 Å². The third kappa shape index (κ3) is 11.8. The molecule has 272 valence electrons. The molecule has 2 fully saturated rings. The van der Waals surface area contributed by atoms with E-state index in [0.717, 1.165) is 25.7 Å². The van der Waals surface area contributed by atoms with Crippen LogP contribution in [0.25, 0.3) is 0 Å². The number of hydrogen-bond donors (Lipinski definition) is 5. The van der Waals surface area contributed by atoms with Gasteiger partial charge in [-0.1, -0.05) is 66.9 Å². The van der Waals surface area contributed by atoms with Crippen molar-refractivity contribution in [2.24, 2.45) is 23.2 Å². The quantitative estimate of drug-likeness (QED) is 0.123. The Balaban J connectivity index is 2.30. The Bertz CT molecular complexity index is 1140. The topological polar surface area (TPSA) is 175 Å². The van der Waals surface area contributed by atoms with Gasteiger partial charge in [-0.15, -0.1) is 6.58 Å². The normalized spacial score (nSPS) is 20.1. The smallest absolute Gasteiger partial charge is 0.407 e. The Morgan fingerprint density at radius 1 is 0.938 bits per heavy atom. The van der Waals surface area contributed by atoms with Crippen molar-refractivity contribution in [2.45, 2.75) is 131 Å². The highest BCUT2D eigenvalue weighted by molar-refractivity contribution is 6.38. The lowest BCUT2D eigenvalue weighted by molar-refractivity contribution is -0.144. The predicted molar refractivity (Wildman–Crippen MR) is 184 cm³/mol. The SMILES string of the molecule is C=CCNC(=O)C(=O)C(CCC)NC(=O)[C@@H]1[C@@H](C(C)C)CCN1C(=O)[C@@H](NC(=O)N[C@H](COC(=O)NC(C)C)C(C)(C)C)C1CCCC1. The average molecular weight is 677 g/mol. The fraction of sp³-hybridized carbons (Fsp3) is 0.771. The van der Waals surface area contributed by atoms with Crippen molar-refractivity contribution in [1.29, 1.82) is 0 Å². The zero-order valence-corrected chi connectivity index (χ0v) is 30.3. The van der Waals surface area contributed by atoms with E-state index in [-0.39, 0.29) is 49.3 Å². The first-order valence-corrected chi connectivity index (χ1v) is 17.6. The van der Waals surface area contributed by atoms with E-state index in [2.05, 4.69) is 33.2 Å². The summed E-state index contributed by atoms with van der Waals surface area (Å²) in [5.74, 6) is -2.62. The number of alkyl carbamates (subject to hydrolysis) is 1. The molecule has 0 aromatic rings. The Morgan fingerprint density at radius 2 is 1.58 bits per heavy atom. The van der Waals surface area contributed by atoms with E-state index < -0.39 is 59.3 Å². The van der Waals surface area contributed by atoms with Gasteiger partial charge < -0.3 is 36.2 Å². The molecule has 0 aromatic heterocycles. The molecule has 5 atom stereocenters. The van der Waals surface area contributed by atoms with Crippen LogP contribution in [0.1, 0.15) is 100 Å². The first kappa shape index (κ1) is 40.5. The number of Topliss-reactive ketones (excluding diaryl/α,β-unsaturated/α-hetero) is 1. The molecular formula is C35H60N6O7. The predicted octanol–water partition coefficient (Wildman–Crippen LogP) is 3.42. The van der Waals surface area contributed by atoms with Crippen molar-refractivity contribution in [2.75, 3.05) is 19.7 Å². The molecule has 1 heterocycles. The first-order valence-electron chi connectivity index (χ1n) is 17.6. The number of urea groups is 1. The van der Waals surface area contributed by atoms with Crippen LogP contribution in [-0.4, -0.2) is 90.4 Å². The number of nitrogens with zero attached hydrogens (tertiary/aromatic N) is 1. The number of carbonyl (C=O) groups is 6. The maximum absolute atomic E-state index is 14.4. The minimum atomic E-state index is -1.04. The van der Waals surface area contributed by atoms with Crippen LogP contribution in [0, 0.1) is 23.2 Å². The third-order valence-corrected chi connectivity index (χ3v) is 9.26. The Morgan fingerprint density at radius 3 is 2.12 bits per heavy atom. The monoisotopic (exact) mass is 676 g/mol. The second kappa shape index (κ2) is 18.8. The van der Waals surface area contributed by atoms with E-state index in [1.54, 1.807) is 4.90 Å². The molecule has 1 aliphatic carbocycles. The van der Waals surface area contributed by atoms with Crippen molar-refractivity contribution in [3.8, 4) is 0 Å². The lowest BCUT2D eigenvalue weighted by Crippen LogP contribution is -2.61. The zero-order valence-electron chi connectivity index (χ0n) is 30.3. The number of rotatable bonds is 16. The first-order chi connectivity index (χ1) is 22.5. The molecule has 0 spiro atoms. The highest BCUT2D eigenvalue weighted by Crippen LogP contribution is 2.34. The van der Waals surface area contributed by atoms with Crippen LogP contribution in [0.3, 0.4) is 0 Å². The zero-order chi connectivity index (χ0) is 36.2. The van der Waals surface area contributed by atoms with Crippen molar-refractivity contribution >= 4 is 35.6 Å². The molecule has 48 heavy (non-hydrogen) atoms. The van der Waals surface area contributed by atoms with Gasteiger partial charge in [-0.05, 0) is 62.7 Å². The summed E-state index contributed by atoms with van der Waals surface area (Å²) in [6.07, 6.45) is 5.64. The molecule has 13 nitrogen and oxygen atoms in total. The van der Waals surface area contributed by atoms with Gasteiger partial charge in [-0.3, -0.25) is 19.2 Å².